The molecule has 0 aromatic heterocycles. The molecule has 7 fully saturated rings. The summed E-state index contributed by atoms with van der Waals surface area (Å²) in [5.41, 5.74) is -0.740. The lowest BCUT2D eigenvalue weighted by Crippen LogP contribution is -2.67. The second-order valence-electron chi connectivity index (χ2n) is 22.7. The van der Waals surface area contributed by atoms with E-state index in [0.717, 1.165) is 45.6 Å². The molecule has 3 saturated heterocycles. The number of aliphatic hydroxyl groups excluding tert-OH is 9. The Bertz CT molecular complexity index is 1830. The fourth-order valence-corrected chi connectivity index (χ4v) is 15.1. The molecule has 18 heteroatoms. The molecule has 4 saturated carbocycles. The third kappa shape index (κ3) is 7.65. The van der Waals surface area contributed by atoms with Gasteiger partial charge >= 0.3 is 11.9 Å². The van der Waals surface area contributed by atoms with Gasteiger partial charge in [-0.15, -0.1) is 0 Å². The van der Waals surface area contributed by atoms with E-state index in [-0.39, 0.29) is 46.5 Å². The lowest BCUT2D eigenvalue weighted by Gasteiger charge is -2.71. The van der Waals surface area contributed by atoms with Gasteiger partial charge < -0.3 is 79.1 Å². The molecule has 376 valence electrons. The van der Waals surface area contributed by atoms with Crippen molar-refractivity contribution in [2.75, 3.05) is 20.3 Å². The first-order valence-corrected chi connectivity index (χ1v) is 24.2. The van der Waals surface area contributed by atoms with Gasteiger partial charge in [0.15, 0.2) is 18.7 Å². The van der Waals surface area contributed by atoms with Crippen LogP contribution in [-0.2, 0) is 42.7 Å². The highest BCUT2D eigenvalue weighted by Crippen LogP contribution is 2.76. The summed E-state index contributed by atoms with van der Waals surface area (Å²) in [4.78, 5) is 27.6. The van der Waals surface area contributed by atoms with E-state index in [9.17, 15) is 55.5 Å². The minimum atomic E-state index is -1.79. The van der Waals surface area contributed by atoms with E-state index >= 15 is 0 Å². The van der Waals surface area contributed by atoms with Crippen molar-refractivity contribution in [3.8, 4) is 0 Å². The van der Waals surface area contributed by atoms with Gasteiger partial charge in [0.1, 0.15) is 61.0 Å². The number of hydrogen-bond donors (Lipinski definition) is 9. The third-order valence-corrected chi connectivity index (χ3v) is 19.4. The molecule has 8 aliphatic rings. The Balaban J connectivity index is 1.06. The first-order valence-electron chi connectivity index (χ1n) is 24.2. The average molecular weight is 941 g/mol. The number of ether oxygens (including phenoxy) is 7. The van der Waals surface area contributed by atoms with E-state index in [1.165, 1.54) is 5.57 Å². The van der Waals surface area contributed by atoms with Crippen molar-refractivity contribution in [1.82, 2.24) is 0 Å². The van der Waals surface area contributed by atoms with Crippen molar-refractivity contribution < 1.29 is 88.7 Å². The van der Waals surface area contributed by atoms with Gasteiger partial charge in [-0.25, -0.2) is 4.79 Å². The van der Waals surface area contributed by atoms with Crippen LogP contribution in [0.2, 0.25) is 0 Å². The SMILES string of the molecule is COC(=O)[C@H]1O[C@@H](O[C@H]2CC[C@]3(C)[C@H]4CC=C5[C@@H]6[C@@H](C)[C@H](C)CC[C@]6(C(=O)O[C@@H]6O[C@H](CO)[C@@H](O)[C@H](O)[C@H]6O)CC[C@@]5(C)[C@]4(C)CC[C@H]3C2(C)C)[C@H](O[C@@H]2OC[C@H](O)[C@H](O)[C@H]2O)[C@@H](O)[C@@H]1O. The van der Waals surface area contributed by atoms with Crippen LogP contribution in [0.5, 0.6) is 0 Å². The van der Waals surface area contributed by atoms with Crippen LogP contribution in [0.1, 0.15) is 106 Å². The predicted molar refractivity (Wildman–Crippen MR) is 229 cm³/mol. The number of allylic oxidation sites excluding steroid dienone is 2. The van der Waals surface area contributed by atoms with Crippen molar-refractivity contribution >= 4 is 11.9 Å². The minimum absolute atomic E-state index is 0.128. The van der Waals surface area contributed by atoms with Crippen molar-refractivity contribution in [2.45, 2.75) is 198 Å². The number of fused-ring (bicyclic) bond motifs is 7. The first-order chi connectivity index (χ1) is 30.9. The van der Waals surface area contributed by atoms with E-state index in [4.69, 9.17) is 33.2 Å². The summed E-state index contributed by atoms with van der Waals surface area (Å²) < 4.78 is 40.9. The molecule has 24 atom stereocenters. The third-order valence-electron chi connectivity index (χ3n) is 19.4. The summed E-state index contributed by atoms with van der Waals surface area (Å²) in [7, 11) is 1.13. The second-order valence-corrected chi connectivity index (χ2v) is 22.7. The molecule has 5 aliphatic carbocycles. The number of carbonyl (C=O) groups is 2. The van der Waals surface area contributed by atoms with Crippen molar-refractivity contribution in [3.05, 3.63) is 11.6 Å². The molecular weight excluding hydrogens is 865 g/mol. The average Bonchev–Trinajstić information content (AvgIpc) is 3.28. The quantitative estimate of drug-likeness (QED) is 0.0925. The lowest BCUT2D eigenvalue weighted by atomic mass is 9.33. The molecule has 66 heavy (non-hydrogen) atoms. The van der Waals surface area contributed by atoms with Crippen LogP contribution in [-0.4, -0.2) is 170 Å². The van der Waals surface area contributed by atoms with Gasteiger partial charge in [0.25, 0.3) is 0 Å². The van der Waals surface area contributed by atoms with Crippen LogP contribution in [0, 0.1) is 56.7 Å². The van der Waals surface area contributed by atoms with Gasteiger partial charge in [-0.05, 0) is 109 Å². The Kier molecular flexibility index (Phi) is 13.8. The van der Waals surface area contributed by atoms with E-state index < -0.39 is 121 Å². The monoisotopic (exact) mass is 941 g/mol. The maximum Gasteiger partial charge on any atom is 0.337 e. The molecule has 8 rings (SSSR count). The molecule has 3 heterocycles. The number of carbonyl (C=O) groups excluding carboxylic acids is 2. The molecule has 0 aromatic rings. The zero-order valence-corrected chi connectivity index (χ0v) is 39.6. The van der Waals surface area contributed by atoms with E-state index in [0.29, 0.717) is 25.2 Å². The van der Waals surface area contributed by atoms with Gasteiger partial charge in [0, 0.05) is 0 Å². The molecule has 3 aliphatic heterocycles. The highest BCUT2D eigenvalue weighted by molar-refractivity contribution is 5.79. The molecule has 9 N–H and O–H groups in total. The zero-order valence-electron chi connectivity index (χ0n) is 39.6. The molecule has 0 spiro atoms. The summed E-state index contributed by atoms with van der Waals surface area (Å²) in [6, 6.07) is 0. The maximum atomic E-state index is 14.7. The minimum Gasteiger partial charge on any atom is -0.467 e. The van der Waals surface area contributed by atoms with Crippen LogP contribution in [0.15, 0.2) is 11.6 Å². The Morgan fingerprint density at radius 2 is 1.42 bits per heavy atom. The second kappa shape index (κ2) is 18.1. The van der Waals surface area contributed by atoms with Gasteiger partial charge in [0.05, 0.1) is 31.8 Å². The van der Waals surface area contributed by atoms with E-state index in [2.05, 4.69) is 54.5 Å². The van der Waals surface area contributed by atoms with Gasteiger partial charge in [-0.1, -0.05) is 60.1 Å². The van der Waals surface area contributed by atoms with E-state index in [1.54, 1.807) is 0 Å². The lowest BCUT2D eigenvalue weighted by molar-refractivity contribution is -0.366. The van der Waals surface area contributed by atoms with Crippen LogP contribution < -0.4 is 0 Å². The zero-order chi connectivity index (χ0) is 48.2. The summed E-state index contributed by atoms with van der Waals surface area (Å²) in [5, 5.41) is 95.2. The van der Waals surface area contributed by atoms with Gasteiger partial charge in [-0.2, -0.15) is 0 Å². The smallest absolute Gasteiger partial charge is 0.337 e. The van der Waals surface area contributed by atoms with Crippen LogP contribution in [0.25, 0.3) is 0 Å². The number of methoxy groups -OCH3 is 1. The fraction of sp³-hybridized carbons (Fsp3) is 0.917. The first kappa shape index (κ1) is 50.5. The van der Waals surface area contributed by atoms with Crippen molar-refractivity contribution in [3.63, 3.8) is 0 Å². The summed E-state index contributed by atoms with van der Waals surface area (Å²) in [6.45, 7) is 15.0. The molecule has 18 nitrogen and oxygen atoms in total. The Hall–Kier alpha value is -1.88. The largest absolute Gasteiger partial charge is 0.467 e. The highest BCUT2D eigenvalue weighted by atomic mass is 16.8. The van der Waals surface area contributed by atoms with E-state index in [1.807, 2.05) is 0 Å². The van der Waals surface area contributed by atoms with Crippen molar-refractivity contribution in [2.24, 2.45) is 56.7 Å². The molecule has 0 radical (unpaired) electrons. The van der Waals surface area contributed by atoms with Crippen molar-refractivity contribution in [1.29, 1.82) is 0 Å². The summed E-state index contributed by atoms with van der Waals surface area (Å²) in [5.74, 6) is -0.728. The number of aliphatic hydroxyl groups is 9. The van der Waals surface area contributed by atoms with Crippen LogP contribution in [0.3, 0.4) is 0 Å². The Morgan fingerprint density at radius 3 is 2.11 bits per heavy atom. The summed E-state index contributed by atoms with van der Waals surface area (Å²) >= 11 is 0. The highest BCUT2D eigenvalue weighted by Gasteiger charge is 2.70. The molecule has 0 bridgehead atoms. The Morgan fingerprint density at radius 1 is 0.727 bits per heavy atom. The van der Waals surface area contributed by atoms with Gasteiger partial charge in [-0.3, -0.25) is 4.79 Å². The normalized spacial score (nSPS) is 53.5. The molecule has 0 amide bonds. The number of rotatable bonds is 8. The Labute approximate surface area is 386 Å². The standard InChI is InChI=1S/C48H76O18/c1-21-11-16-48(43(59)66-41-36(57)32(53)31(52)25(19-49)62-41)18-17-46(6)23(29(48)22(21)2)9-10-27-45(5)14-13-28(44(3,4)26(45)12-15-47(27,46)7)63-42-38(34(55)33(54)37(64-42)39(58)60-8)65-40-35(56)30(51)24(50)20-61-40/h9,21-22,24-38,40-42,49-57H,10-20H2,1-8H3/t21-,22+,24+,25-,26+,27-,28+,29+,30+,31-,32+,33+,34+,35-,36-,37+,38-,40+,41+,42-,45+,46-,47-,48+/m1/s1. The molecule has 0 unspecified atom stereocenters. The summed E-state index contributed by atoms with van der Waals surface area (Å²) in [6.07, 6.45) is -13.5. The maximum absolute atomic E-state index is 14.7. The van der Waals surface area contributed by atoms with Crippen LogP contribution >= 0.6 is 0 Å². The topological polar surface area (TPSA) is 281 Å². The van der Waals surface area contributed by atoms with Gasteiger partial charge in [0.2, 0.25) is 6.29 Å². The van der Waals surface area contributed by atoms with Crippen LogP contribution in [0.4, 0.5) is 0 Å². The number of esters is 2. The molecule has 0 aromatic carbocycles. The fourth-order valence-electron chi connectivity index (χ4n) is 15.1. The molecular formula is C48H76O18. The number of hydrogen-bond acceptors (Lipinski definition) is 18. The predicted octanol–water partition coefficient (Wildman–Crippen LogP) is 0.816.